The van der Waals surface area contributed by atoms with Gasteiger partial charge in [0.1, 0.15) is 0 Å². The van der Waals surface area contributed by atoms with Gasteiger partial charge in [-0.2, -0.15) is 0 Å². The van der Waals surface area contributed by atoms with Crippen LogP contribution in [0, 0.1) is 0 Å². The number of fused-ring (bicyclic) bond motifs is 1. The first kappa shape index (κ1) is 9.58. The fourth-order valence-corrected chi connectivity index (χ4v) is 1.58. The van der Waals surface area contributed by atoms with Crippen LogP contribution < -0.4 is 5.32 Å². The van der Waals surface area contributed by atoms with Crippen molar-refractivity contribution < 1.29 is 14.6 Å². The average molecular weight is 205 g/mol. The van der Waals surface area contributed by atoms with Crippen molar-refractivity contribution in [3.05, 3.63) is 41.1 Å². The summed E-state index contributed by atoms with van der Waals surface area (Å²) in [7, 11) is 1.28. The molecule has 0 spiro atoms. The third-order valence-electron chi connectivity index (χ3n) is 2.35. The summed E-state index contributed by atoms with van der Waals surface area (Å²) in [6, 6.07) is 7.37. The summed E-state index contributed by atoms with van der Waals surface area (Å²) >= 11 is 0. The van der Waals surface area contributed by atoms with E-state index in [1.54, 1.807) is 6.07 Å². The minimum atomic E-state index is -0.554. The van der Waals surface area contributed by atoms with Gasteiger partial charge in [-0.1, -0.05) is 24.3 Å². The van der Waals surface area contributed by atoms with E-state index in [0.717, 1.165) is 5.56 Å². The van der Waals surface area contributed by atoms with Crippen LogP contribution in [0.5, 0.6) is 0 Å². The Morgan fingerprint density at radius 2 is 2.20 bits per heavy atom. The molecule has 0 fully saturated rings. The number of rotatable bonds is 1. The van der Waals surface area contributed by atoms with Crippen molar-refractivity contribution in [3.63, 3.8) is 0 Å². The molecule has 15 heavy (non-hydrogen) atoms. The van der Waals surface area contributed by atoms with Crippen LogP contribution in [-0.4, -0.2) is 18.2 Å². The molecule has 2 N–H and O–H groups in total. The molecule has 0 unspecified atom stereocenters. The van der Waals surface area contributed by atoms with Crippen molar-refractivity contribution in [3.8, 4) is 0 Å². The number of benzene rings is 1. The third kappa shape index (κ3) is 1.54. The minimum Gasteiger partial charge on any atom is -0.505 e. The van der Waals surface area contributed by atoms with Crippen molar-refractivity contribution in [2.45, 2.75) is 6.54 Å². The topological polar surface area (TPSA) is 58.6 Å². The van der Waals surface area contributed by atoms with Crippen molar-refractivity contribution >= 4 is 11.7 Å². The number of methoxy groups -OCH3 is 1. The summed E-state index contributed by atoms with van der Waals surface area (Å²) in [6.07, 6.45) is 0. The van der Waals surface area contributed by atoms with E-state index >= 15 is 0 Å². The van der Waals surface area contributed by atoms with E-state index in [-0.39, 0.29) is 11.5 Å². The Labute approximate surface area is 87.2 Å². The number of ether oxygens (including phenoxy) is 1. The Hall–Kier alpha value is -1.97. The van der Waals surface area contributed by atoms with Gasteiger partial charge in [-0.15, -0.1) is 0 Å². The molecule has 1 heterocycles. The zero-order valence-corrected chi connectivity index (χ0v) is 8.28. The number of hydrogen-bond acceptors (Lipinski definition) is 4. The molecule has 0 aromatic heterocycles. The van der Waals surface area contributed by atoms with Crippen LogP contribution in [0.3, 0.4) is 0 Å². The van der Waals surface area contributed by atoms with E-state index in [4.69, 9.17) is 0 Å². The molecule has 2 rings (SSSR count). The summed E-state index contributed by atoms with van der Waals surface area (Å²) in [5, 5.41) is 12.7. The highest BCUT2D eigenvalue weighted by Crippen LogP contribution is 2.24. The lowest BCUT2D eigenvalue weighted by atomic mass is 10.0. The number of esters is 1. The first-order chi connectivity index (χ1) is 7.24. The van der Waals surface area contributed by atoms with Crippen molar-refractivity contribution in [2.24, 2.45) is 0 Å². The van der Waals surface area contributed by atoms with Crippen LogP contribution >= 0.6 is 0 Å². The Balaban J connectivity index is 2.49. The number of carbonyl (C=O) groups excluding carboxylic acids is 1. The number of hydrogen-bond donors (Lipinski definition) is 2. The maximum atomic E-state index is 11.3. The van der Waals surface area contributed by atoms with Crippen LogP contribution in [0.15, 0.2) is 30.0 Å². The molecule has 0 amide bonds. The fraction of sp³-hybridized carbons (Fsp3) is 0.182. The Bertz CT molecular complexity index is 437. The molecule has 0 radical (unpaired) electrons. The number of carbonyl (C=O) groups is 1. The van der Waals surface area contributed by atoms with Gasteiger partial charge in [0, 0.05) is 12.1 Å². The highest BCUT2D eigenvalue weighted by molar-refractivity contribution is 5.96. The molecule has 0 bridgehead atoms. The lowest BCUT2D eigenvalue weighted by Crippen LogP contribution is -2.27. The van der Waals surface area contributed by atoms with Gasteiger partial charge < -0.3 is 15.2 Å². The van der Waals surface area contributed by atoms with Gasteiger partial charge in [-0.05, 0) is 5.56 Å². The zero-order chi connectivity index (χ0) is 10.8. The molecule has 0 aliphatic carbocycles. The molecule has 1 aliphatic heterocycles. The van der Waals surface area contributed by atoms with Crippen molar-refractivity contribution in [1.29, 1.82) is 0 Å². The third-order valence-corrected chi connectivity index (χ3v) is 2.35. The minimum absolute atomic E-state index is 0.0521. The molecule has 4 nitrogen and oxygen atoms in total. The van der Waals surface area contributed by atoms with Gasteiger partial charge in [0.05, 0.1) is 7.11 Å². The zero-order valence-electron chi connectivity index (χ0n) is 8.28. The summed E-state index contributed by atoms with van der Waals surface area (Å²) < 4.78 is 4.56. The van der Waals surface area contributed by atoms with Crippen LogP contribution in [0.2, 0.25) is 0 Å². The fourth-order valence-electron chi connectivity index (χ4n) is 1.58. The van der Waals surface area contributed by atoms with E-state index in [9.17, 15) is 9.90 Å². The highest BCUT2D eigenvalue weighted by Gasteiger charge is 2.22. The van der Waals surface area contributed by atoms with Crippen LogP contribution in [0.25, 0.3) is 5.76 Å². The highest BCUT2D eigenvalue weighted by atomic mass is 16.5. The van der Waals surface area contributed by atoms with E-state index in [1.165, 1.54) is 7.11 Å². The largest absolute Gasteiger partial charge is 0.505 e. The monoisotopic (exact) mass is 205 g/mol. The number of aliphatic hydroxyl groups excluding tert-OH is 1. The summed E-state index contributed by atoms with van der Waals surface area (Å²) in [6.45, 7) is 0.519. The second-order valence-electron chi connectivity index (χ2n) is 3.23. The molecular weight excluding hydrogens is 194 g/mol. The van der Waals surface area contributed by atoms with Crippen molar-refractivity contribution in [1.82, 2.24) is 5.32 Å². The predicted octanol–water partition coefficient (Wildman–Crippen LogP) is 1.19. The number of aliphatic hydroxyl groups is 1. The van der Waals surface area contributed by atoms with Crippen LogP contribution in [-0.2, 0) is 16.1 Å². The van der Waals surface area contributed by atoms with Gasteiger partial charge in [0.2, 0.25) is 0 Å². The molecular formula is C11H11NO3. The second-order valence-corrected chi connectivity index (χ2v) is 3.23. The summed E-state index contributed by atoms with van der Waals surface area (Å²) in [5.41, 5.74) is 1.76. The first-order valence-electron chi connectivity index (χ1n) is 4.57. The van der Waals surface area contributed by atoms with Gasteiger partial charge in [-0.25, -0.2) is 4.79 Å². The Morgan fingerprint density at radius 3 is 2.93 bits per heavy atom. The van der Waals surface area contributed by atoms with Gasteiger partial charge in [0.15, 0.2) is 11.5 Å². The lowest BCUT2D eigenvalue weighted by molar-refractivity contribution is -0.136. The Morgan fingerprint density at radius 1 is 1.47 bits per heavy atom. The molecule has 0 saturated heterocycles. The summed E-state index contributed by atoms with van der Waals surface area (Å²) in [5.74, 6) is -0.606. The summed E-state index contributed by atoms with van der Waals surface area (Å²) in [4.78, 5) is 11.3. The quantitative estimate of drug-likeness (QED) is 0.676. The lowest BCUT2D eigenvalue weighted by Gasteiger charge is -2.19. The smallest absolute Gasteiger partial charge is 0.358 e. The van der Waals surface area contributed by atoms with E-state index in [1.807, 2.05) is 18.2 Å². The maximum absolute atomic E-state index is 11.3. The average Bonchev–Trinajstić information content (AvgIpc) is 2.29. The standard InChI is InChI=1S/C11H11NO3/c1-15-11(14)9-10(13)8-5-3-2-4-7(8)6-12-9/h2-5,12-13H,6H2,1H3. The second kappa shape index (κ2) is 3.65. The van der Waals surface area contributed by atoms with Crippen LogP contribution in [0.1, 0.15) is 11.1 Å². The SMILES string of the molecule is COC(=O)C1=C(O)c2ccccc2CN1. The molecule has 78 valence electrons. The van der Waals surface area contributed by atoms with Gasteiger partial charge in [0.25, 0.3) is 0 Å². The maximum Gasteiger partial charge on any atom is 0.358 e. The van der Waals surface area contributed by atoms with Crippen molar-refractivity contribution in [2.75, 3.05) is 7.11 Å². The molecule has 4 heteroatoms. The normalized spacial score (nSPS) is 14.2. The van der Waals surface area contributed by atoms with Gasteiger partial charge >= 0.3 is 5.97 Å². The molecule has 1 aromatic rings. The first-order valence-corrected chi connectivity index (χ1v) is 4.57. The van der Waals surface area contributed by atoms with E-state index in [2.05, 4.69) is 10.1 Å². The van der Waals surface area contributed by atoms with Crippen LogP contribution in [0.4, 0.5) is 0 Å². The molecule has 1 aliphatic rings. The van der Waals surface area contributed by atoms with Gasteiger partial charge in [-0.3, -0.25) is 0 Å². The molecule has 0 saturated carbocycles. The molecule has 0 atom stereocenters. The molecule has 1 aromatic carbocycles. The predicted molar refractivity (Wildman–Crippen MR) is 54.8 cm³/mol. The van der Waals surface area contributed by atoms with E-state index < -0.39 is 5.97 Å². The Kier molecular flexibility index (Phi) is 2.33. The number of nitrogens with one attached hydrogen (secondary N) is 1. The van der Waals surface area contributed by atoms with E-state index in [0.29, 0.717) is 12.1 Å².